The van der Waals surface area contributed by atoms with Crippen LogP contribution in [-0.4, -0.2) is 35.3 Å². The number of rotatable bonds is 2. The van der Waals surface area contributed by atoms with Gasteiger partial charge in [0.05, 0.1) is 12.2 Å². The fourth-order valence-corrected chi connectivity index (χ4v) is 2.02. The first kappa shape index (κ1) is 14.8. The molecule has 1 aromatic rings. The Morgan fingerprint density at radius 2 is 2.10 bits per heavy atom. The van der Waals surface area contributed by atoms with Crippen molar-refractivity contribution in [3.05, 3.63) is 11.8 Å². The summed E-state index contributed by atoms with van der Waals surface area (Å²) < 4.78 is 43.9. The molecule has 0 bridgehead atoms. The molecule has 0 unspecified atom stereocenters. The molecule has 112 valence electrons. The van der Waals surface area contributed by atoms with E-state index in [1.165, 1.54) is 0 Å². The Morgan fingerprint density at radius 1 is 1.40 bits per heavy atom. The fourth-order valence-electron chi connectivity index (χ4n) is 2.02. The summed E-state index contributed by atoms with van der Waals surface area (Å²) in [4.78, 5) is 9.03. The molecule has 0 aliphatic carbocycles. The summed E-state index contributed by atoms with van der Waals surface area (Å²) in [5.41, 5.74) is 0.585. The lowest BCUT2D eigenvalue weighted by molar-refractivity contribution is -0.141. The summed E-state index contributed by atoms with van der Waals surface area (Å²) in [6, 6.07) is 0.919. The molecule has 1 fully saturated rings. The second-order valence-electron chi connectivity index (χ2n) is 5.11. The average molecular weight is 291 g/mol. The van der Waals surface area contributed by atoms with Gasteiger partial charge in [-0.05, 0) is 13.8 Å². The number of nitrogens with one attached hydrogen (secondary N) is 1. The van der Waals surface area contributed by atoms with Crippen molar-refractivity contribution in [3.8, 4) is 0 Å². The lowest BCUT2D eigenvalue weighted by atomic mass is 10.1. The van der Waals surface area contributed by atoms with Crippen molar-refractivity contribution in [2.75, 3.05) is 30.0 Å². The van der Waals surface area contributed by atoms with Gasteiger partial charge in [0.1, 0.15) is 5.82 Å². The first-order chi connectivity index (χ1) is 9.21. The lowest BCUT2D eigenvalue weighted by Gasteiger charge is -2.38. The highest BCUT2D eigenvalue weighted by Gasteiger charge is 2.35. The van der Waals surface area contributed by atoms with Crippen LogP contribution in [0.3, 0.4) is 0 Å². The Bertz CT molecular complexity index is 491. The number of alkyl halides is 3. The van der Waals surface area contributed by atoms with Crippen molar-refractivity contribution >= 4 is 11.8 Å². The minimum atomic E-state index is -4.55. The monoisotopic (exact) mass is 291 g/mol. The molecule has 1 aliphatic rings. The van der Waals surface area contributed by atoms with Crippen molar-refractivity contribution in [3.63, 3.8) is 0 Å². The van der Waals surface area contributed by atoms with Crippen LogP contribution in [0.4, 0.5) is 24.9 Å². The molecule has 6 nitrogen and oxygen atoms in total. The van der Waals surface area contributed by atoms with E-state index in [1.54, 1.807) is 4.90 Å². The smallest absolute Gasteiger partial charge is 0.372 e. The standard InChI is InChI=1S/C11H16F3N5O/c1-10(2)6-19(3-4-20-10)8-5-7(11(12,13)14)16-9(17-8)18-15/h5H,3-4,6,15H2,1-2H3,(H,16,17,18). The molecule has 0 saturated carbocycles. The van der Waals surface area contributed by atoms with Crippen molar-refractivity contribution in [1.29, 1.82) is 0 Å². The minimum absolute atomic E-state index is 0.177. The number of ether oxygens (including phenoxy) is 1. The van der Waals surface area contributed by atoms with Gasteiger partial charge in [-0.15, -0.1) is 0 Å². The third kappa shape index (κ3) is 3.28. The maximum absolute atomic E-state index is 12.8. The molecule has 0 amide bonds. The number of anilines is 2. The van der Waals surface area contributed by atoms with Crippen molar-refractivity contribution in [1.82, 2.24) is 9.97 Å². The van der Waals surface area contributed by atoms with Gasteiger partial charge in [0.15, 0.2) is 5.69 Å². The minimum Gasteiger partial charge on any atom is -0.372 e. The van der Waals surface area contributed by atoms with Gasteiger partial charge in [-0.25, -0.2) is 10.8 Å². The Labute approximate surface area is 114 Å². The third-order valence-electron chi connectivity index (χ3n) is 2.88. The lowest BCUT2D eigenvalue weighted by Crippen LogP contribution is -2.48. The second kappa shape index (κ2) is 5.06. The van der Waals surface area contributed by atoms with Gasteiger partial charge < -0.3 is 9.64 Å². The van der Waals surface area contributed by atoms with Crippen LogP contribution in [0.25, 0.3) is 0 Å². The van der Waals surface area contributed by atoms with E-state index in [4.69, 9.17) is 10.6 Å². The van der Waals surface area contributed by atoms with Crippen molar-refractivity contribution in [2.24, 2.45) is 5.84 Å². The van der Waals surface area contributed by atoms with E-state index >= 15 is 0 Å². The SMILES string of the molecule is CC1(C)CN(c2cc(C(F)(F)F)nc(NN)n2)CCO1. The number of nitrogens with zero attached hydrogens (tertiary/aromatic N) is 3. The molecule has 0 radical (unpaired) electrons. The number of nitrogens with two attached hydrogens (primary N) is 1. The summed E-state index contributed by atoms with van der Waals surface area (Å²) in [7, 11) is 0. The zero-order chi connectivity index (χ0) is 15.0. The summed E-state index contributed by atoms with van der Waals surface area (Å²) >= 11 is 0. The number of hydrazine groups is 1. The molecule has 2 heterocycles. The molecule has 9 heteroatoms. The molecule has 3 N–H and O–H groups in total. The molecule has 1 aliphatic heterocycles. The zero-order valence-electron chi connectivity index (χ0n) is 11.2. The number of nitrogen functional groups attached to an aromatic ring is 1. The van der Waals surface area contributed by atoms with E-state index in [1.807, 2.05) is 13.8 Å². The topological polar surface area (TPSA) is 76.3 Å². The van der Waals surface area contributed by atoms with Crippen LogP contribution in [0.1, 0.15) is 19.5 Å². The number of hydrogen-bond donors (Lipinski definition) is 2. The van der Waals surface area contributed by atoms with Gasteiger partial charge in [0.25, 0.3) is 0 Å². The Hall–Kier alpha value is -1.61. The highest BCUT2D eigenvalue weighted by Crippen LogP contribution is 2.31. The maximum atomic E-state index is 12.8. The average Bonchev–Trinajstić information content (AvgIpc) is 2.36. The molecular weight excluding hydrogens is 275 g/mol. The first-order valence-electron chi connectivity index (χ1n) is 6.03. The van der Waals surface area contributed by atoms with Crippen LogP contribution >= 0.6 is 0 Å². The molecule has 20 heavy (non-hydrogen) atoms. The van der Waals surface area contributed by atoms with E-state index in [-0.39, 0.29) is 11.8 Å². The largest absolute Gasteiger partial charge is 0.433 e. The van der Waals surface area contributed by atoms with E-state index in [0.29, 0.717) is 19.7 Å². The Morgan fingerprint density at radius 3 is 2.65 bits per heavy atom. The number of aromatic nitrogens is 2. The van der Waals surface area contributed by atoms with Gasteiger partial charge in [0, 0.05) is 19.2 Å². The summed E-state index contributed by atoms with van der Waals surface area (Å²) in [5, 5.41) is 0. The predicted octanol–water partition coefficient (Wildman–Crippen LogP) is 1.40. The second-order valence-corrected chi connectivity index (χ2v) is 5.11. The third-order valence-corrected chi connectivity index (χ3v) is 2.88. The van der Waals surface area contributed by atoms with Crippen LogP contribution in [0.5, 0.6) is 0 Å². The van der Waals surface area contributed by atoms with Gasteiger partial charge in [0.2, 0.25) is 5.95 Å². The zero-order valence-corrected chi connectivity index (χ0v) is 11.2. The molecule has 1 aromatic heterocycles. The molecule has 2 rings (SSSR count). The van der Waals surface area contributed by atoms with Gasteiger partial charge in [-0.3, -0.25) is 5.43 Å². The normalized spacial score (nSPS) is 19.0. The van der Waals surface area contributed by atoms with E-state index in [2.05, 4.69) is 15.4 Å². The number of hydrogen-bond acceptors (Lipinski definition) is 6. The molecule has 0 aromatic carbocycles. The summed E-state index contributed by atoms with van der Waals surface area (Å²) in [5.74, 6) is 5.04. The van der Waals surface area contributed by atoms with Crippen LogP contribution in [0, 0.1) is 0 Å². The Kier molecular flexibility index (Phi) is 3.74. The van der Waals surface area contributed by atoms with Crippen LogP contribution in [0.2, 0.25) is 0 Å². The van der Waals surface area contributed by atoms with Crippen LogP contribution in [0.15, 0.2) is 6.07 Å². The van der Waals surface area contributed by atoms with Crippen LogP contribution < -0.4 is 16.2 Å². The van der Waals surface area contributed by atoms with Crippen molar-refractivity contribution < 1.29 is 17.9 Å². The quantitative estimate of drug-likeness (QED) is 0.633. The highest BCUT2D eigenvalue weighted by molar-refractivity contribution is 5.46. The fraction of sp³-hybridized carbons (Fsp3) is 0.636. The van der Waals surface area contributed by atoms with E-state index in [9.17, 15) is 13.2 Å². The molecule has 0 spiro atoms. The molecule has 0 atom stereocenters. The molecule has 1 saturated heterocycles. The first-order valence-corrected chi connectivity index (χ1v) is 6.03. The highest BCUT2D eigenvalue weighted by atomic mass is 19.4. The Balaban J connectivity index is 2.36. The summed E-state index contributed by atoms with van der Waals surface area (Å²) in [6.07, 6.45) is -4.55. The van der Waals surface area contributed by atoms with Gasteiger partial charge in [-0.2, -0.15) is 18.2 Å². The predicted molar refractivity (Wildman–Crippen MR) is 67.1 cm³/mol. The van der Waals surface area contributed by atoms with Crippen LogP contribution in [-0.2, 0) is 10.9 Å². The van der Waals surface area contributed by atoms with Crippen molar-refractivity contribution in [2.45, 2.75) is 25.6 Å². The molecular formula is C11H16F3N5O. The van der Waals surface area contributed by atoms with E-state index in [0.717, 1.165) is 6.07 Å². The number of morpholine rings is 1. The summed E-state index contributed by atoms with van der Waals surface area (Å²) in [6.45, 7) is 5.05. The van der Waals surface area contributed by atoms with Gasteiger partial charge >= 0.3 is 6.18 Å². The van der Waals surface area contributed by atoms with E-state index < -0.39 is 17.5 Å². The number of halogens is 3. The maximum Gasteiger partial charge on any atom is 0.433 e. The van der Waals surface area contributed by atoms with Gasteiger partial charge in [-0.1, -0.05) is 0 Å².